The lowest BCUT2D eigenvalue weighted by Crippen LogP contribution is -2.31. The number of carboxylic acid groups (broad SMARTS) is 1. The maximum absolute atomic E-state index is 13.0. The van der Waals surface area contributed by atoms with Crippen LogP contribution in [0, 0.1) is 5.92 Å². The molecule has 1 amide bonds. The van der Waals surface area contributed by atoms with E-state index in [1.54, 1.807) is 0 Å². The number of carbonyl (C=O) groups is 2. The first-order valence-corrected chi connectivity index (χ1v) is 6.71. The van der Waals surface area contributed by atoms with Crippen molar-refractivity contribution in [2.45, 2.75) is 31.6 Å². The number of carboxylic acids is 1. The van der Waals surface area contributed by atoms with E-state index in [1.165, 1.54) is 12.1 Å². The van der Waals surface area contributed by atoms with Crippen LogP contribution in [0.3, 0.4) is 0 Å². The predicted molar refractivity (Wildman–Crippen MR) is 66.8 cm³/mol. The molecular weight excluding hydrogens is 276 g/mol. The number of carbonyl (C=O) groups excluding carboxylic acids is 1. The number of thiophene rings is 1. The Kier molecular flexibility index (Phi) is 3.84. The molecule has 0 radical (unpaired) electrons. The van der Waals surface area contributed by atoms with Crippen LogP contribution in [-0.4, -0.2) is 22.9 Å². The van der Waals surface area contributed by atoms with Crippen LogP contribution in [0.15, 0.2) is 12.1 Å². The molecule has 104 valence electrons. The van der Waals surface area contributed by atoms with E-state index in [-0.39, 0.29) is 36.5 Å². The van der Waals surface area contributed by atoms with Gasteiger partial charge in [-0.05, 0) is 25.0 Å². The van der Waals surface area contributed by atoms with Gasteiger partial charge in [0.05, 0.1) is 5.00 Å². The topological polar surface area (TPSA) is 66.4 Å². The van der Waals surface area contributed by atoms with Crippen molar-refractivity contribution in [2.75, 3.05) is 5.32 Å². The summed E-state index contributed by atoms with van der Waals surface area (Å²) in [4.78, 5) is 22.7. The molecule has 1 aromatic heterocycles. The summed E-state index contributed by atoms with van der Waals surface area (Å²) < 4.78 is 25.9. The second kappa shape index (κ2) is 5.24. The molecule has 2 rings (SSSR count). The van der Waals surface area contributed by atoms with E-state index < -0.39 is 17.8 Å². The Hall–Kier alpha value is -1.50. The quantitative estimate of drug-likeness (QED) is 0.898. The largest absolute Gasteiger partial charge is 0.477 e. The number of nitrogens with one attached hydrogen (secondary N) is 1. The zero-order valence-electron chi connectivity index (χ0n) is 9.99. The number of hydrogen-bond acceptors (Lipinski definition) is 3. The molecule has 0 saturated heterocycles. The Bertz CT molecular complexity index is 491. The van der Waals surface area contributed by atoms with Gasteiger partial charge in [-0.3, -0.25) is 4.79 Å². The number of halogens is 2. The van der Waals surface area contributed by atoms with E-state index in [0.29, 0.717) is 5.00 Å². The molecule has 0 bridgehead atoms. The lowest BCUT2D eigenvalue weighted by atomic mass is 9.86. The molecule has 1 aliphatic carbocycles. The van der Waals surface area contributed by atoms with Crippen molar-refractivity contribution in [3.63, 3.8) is 0 Å². The SMILES string of the molecule is O=C(O)c1ccc(NC(=O)C2CCC(F)(F)CC2)s1. The molecule has 1 fully saturated rings. The molecule has 0 unspecified atom stereocenters. The van der Waals surface area contributed by atoms with Gasteiger partial charge in [0.2, 0.25) is 11.8 Å². The summed E-state index contributed by atoms with van der Waals surface area (Å²) >= 11 is 0.953. The summed E-state index contributed by atoms with van der Waals surface area (Å²) in [5, 5.41) is 11.8. The van der Waals surface area contributed by atoms with Crippen LogP contribution < -0.4 is 5.32 Å². The van der Waals surface area contributed by atoms with E-state index in [0.717, 1.165) is 11.3 Å². The standard InChI is InChI=1S/C12H13F2NO3S/c13-12(14)5-3-7(4-6-12)10(16)15-9-2-1-8(19-9)11(17)18/h1-2,7H,3-6H2,(H,15,16)(H,17,18). The van der Waals surface area contributed by atoms with Crippen molar-refractivity contribution in [3.05, 3.63) is 17.0 Å². The number of hydrogen-bond donors (Lipinski definition) is 2. The van der Waals surface area contributed by atoms with Crippen LogP contribution in [0.5, 0.6) is 0 Å². The maximum atomic E-state index is 13.0. The fraction of sp³-hybridized carbons (Fsp3) is 0.500. The molecule has 0 spiro atoms. The van der Waals surface area contributed by atoms with Gasteiger partial charge >= 0.3 is 5.97 Å². The highest BCUT2D eigenvalue weighted by Gasteiger charge is 2.37. The van der Waals surface area contributed by atoms with Crippen LogP contribution in [0.1, 0.15) is 35.4 Å². The summed E-state index contributed by atoms with van der Waals surface area (Å²) in [6, 6.07) is 2.90. The van der Waals surface area contributed by atoms with Crippen molar-refractivity contribution >= 4 is 28.2 Å². The first-order valence-electron chi connectivity index (χ1n) is 5.89. The minimum atomic E-state index is -2.66. The molecule has 0 atom stereocenters. The highest BCUT2D eigenvalue weighted by atomic mass is 32.1. The van der Waals surface area contributed by atoms with E-state index in [4.69, 9.17) is 5.11 Å². The van der Waals surface area contributed by atoms with Gasteiger partial charge in [0.1, 0.15) is 4.88 Å². The van der Waals surface area contributed by atoms with E-state index in [2.05, 4.69) is 5.32 Å². The Morgan fingerprint density at radius 1 is 1.32 bits per heavy atom. The van der Waals surface area contributed by atoms with Crippen LogP contribution >= 0.6 is 11.3 Å². The number of amides is 1. The third-order valence-corrected chi connectivity index (χ3v) is 4.14. The number of aromatic carboxylic acids is 1. The first-order chi connectivity index (χ1) is 8.87. The minimum absolute atomic E-state index is 0.130. The number of anilines is 1. The zero-order valence-corrected chi connectivity index (χ0v) is 10.8. The van der Waals surface area contributed by atoms with Gasteiger partial charge in [0, 0.05) is 18.8 Å². The van der Waals surface area contributed by atoms with Crippen molar-refractivity contribution in [1.29, 1.82) is 0 Å². The Morgan fingerprint density at radius 2 is 1.95 bits per heavy atom. The Labute approximate surface area is 112 Å². The molecule has 7 heteroatoms. The van der Waals surface area contributed by atoms with Gasteiger partial charge in [0.25, 0.3) is 0 Å². The van der Waals surface area contributed by atoms with Crippen molar-refractivity contribution in [1.82, 2.24) is 0 Å². The molecular formula is C12H13F2NO3S. The second-order valence-corrected chi connectivity index (χ2v) is 5.67. The van der Waals surface area contributed by atoms with Crippen LogP contribution in [0.4, 0.5) is 13.8 Å². The third kappa shape index (κ3) is 3.50. The lowest BCUT2D eigenvalue weighted by Gasteiger charge is -2.27. The van der Waals surface area contributed by atoms with Gasteiger partial charge in [-0.15, -0.1) is 11.3 Å². The van der Waals surface area contributed by atoms with Crippen molar-refractivity contribution in [2.24, 2.45) is 5.92 Å². The minimum Gasteiger partial charge on any atom is -0.477 e. The number of rotatable bonds is 3. The first kappa shape index (κ1) is 13.9. The molecule has 1 saturated carbocycles. The lowest BCUT2D eigenvalue weighted by molar-refractivity contribution is -0.123. The third-order valence-electron chi connectivity index (χ3n) is 3.15. The Morgan fingerprint density at radius 3 is 2.47 bits per heavy atom. The van der Waals surface area contributed by atoms with Gasteiger partial charge in [-0.25, -0.2) is 13.6 Å². The van der Waals surface area contributed by atoms with Crippen LogP contribution in [0.2, 0.25) is 0 Å². The molecule has 19 heavy (non-hydrogen) atoms. The fourth-order valence-electron chi connectivity index (χ4n) is 2.05. The molecule has 1 heterocycles. The summed E-state index contributed by atoms with van der Waals surface area (Å²) in [6.07, 6.45) is -0.211. The monoisotopic (exact) mass is 289 g/mol. The molecule has 1 aromatic rings. The van der Waals surface area contributed by atoms with E-state index in [9.17, 15) is 18.4 Å². The second-order valence-electron chi connectivity index (χ2n) is 4.59. The fourth-order valence-corrected chi connectivity index (χ4v) is 2.79. The summed E-state index contributed by atoms with van der Waals surface area (Å²) in [5.41, 5.74) is 0. The predicted octanol–water partition coefficient (Wildman–Crippen LogP) is 3.21. The zero-order chi connectivity index (χ0) is 14.0. The molecule has 1 aliphatic rings. The summed E-state index contributed by atoms with van der Waals surface area (Å²) in [7, 11) is 0. The maximum Gasteiger partial charge on any atom is 0.345 e. The Balaban J connectivity index is 1.92. The molecule has 4 nitrogen and oxygen atoms in total. The van der Waals surface area contributed by atoms with Crippen molar-refractivity contribution in [3.8, 4) is 0 Å². The van der Waals surface area contributed by atoms with Gasteiger partial charge < -0.3 is 10.4 Å². The average molecular weight is 289 g/mol. The highest BCUT2D eigenvalue weighted by molar-refractivity contribution is 7.18. The number of alkyl halides is 2. The summed E-state index contributed by atoms with van der Waals surface area (Å²) in [5.74, 6) is -4.44. The average Bonchev–Trinajstić information content (AvgIpc) is 2.77. The highest BCUT2D eigenvalue weighted by Crippen LogP contribution is 2.36. The van der Waals surface area contributed by atoms with Crippen LogP contribution in [0.25, 0.3) is 0 Å². The molecule has 0 aliphatic heterocycles. The molecule has 0 aromatic carbocycles. The van der Waals surface area contributed by atoms with Gasteiger partial charge in [0.15, 0.2) is 0 Å². The normalized spacial score (nSPS) is 19.1. The van der Waals surface area contributed by atoms with E-state index in [1.807, 2.05) is 0 Å². The van der Waals surface area contributed by atoms with E-state index >= 15 is 0 Å². The smallest absolute Gasteiger partial charge is 0.345 e. The van der Waals surface area contributed by atoms with Crippen LogP contribution in [-0.2, 0) is 4.79 Å². The van der Waals surface area contributed by atoms with Gasteiger partial charge in [-0.2, -0.15) is 0 Å². The van der Waals surface area contributed by atoms with Gasteiger partial charge in [-0.1, -0.05) is 0 Å². The molecule has 2 N–H and O–H groups in total. The van der Waals surface area contributed by atoms with Crippen molar-refractivity contribution < 1.29 is 23.5 Å². The summed E-state index contributed by atoms with van der Waals surface area (Å²) in [6.45, 7) is 0.